The number of rotatable bonds is 5. The maximum Gasteiger partial charge on any atom is 0.225 e. The Bertz CT molecular complexity index is 695. The lowest BCUT2D eigenvalue weighted by molar-refractivity contribution is -0.134. The molecule has 1 saturated carbocycles. The van der Waals surface area contributed by atoms with Gasteiger partial charge in [-0.3, -0.25) is 9.79 Å². The molecule has 0 bridgehead atoms. The number of nitrogens with one attached hydrogen (secondary N) is 2. The largest absolute Gasteiger partial charge is 0.356 e. The van der Waals surface area contributed by atoms with E-state index in [1.54, 1.807) is 7.05 Å². The molecule has 6 heteroatoms. The van der Waals surface area contributed by atoms with Gasteiger partial charge >= 0.3 is 0 Å². The summed E-state index contributed by atoms with van der Waals surface area (Å²) in [6.45, 7) is 6.49. The molecular weight excluding hydrogens is 355 g/mol. The summed E-state index contributed by atoms with van der Waals surface area (Å²) in [5, 5.41) is 6.85. The van der Waals surface area contributed by atoms with Gasteiger partial charge in [-0.1, -0.05) is 38.8 Å². The second kappa shape index (κ2) is 8.93. The lowest BCUT2D eigenvalue weighted by Gasteiger charge is -2.27. The highest BCUT2D eigenvalue weighted by Crippen LogP contribution is 2.28. The van der Waals surface area contributed by atoms with Crippen molar-refractivity contribution in [1.82, 2.24) is 15.5 Å². The second-order valence-corrected chi connectivity index (χ2v) is 8.71. The van der Waals surface area contributed by atoms with E-state index in [0.717, 1.165) is 43.9 Å². The van der Waals surface area contributed by atoms with Crippen LogP contribution in [-0.4, -0.2) is 49.5 Å². The number of likely N-dealkylation sites (tertiary alicyclic amines) is 1. The molecule has 1 unspecified atom stereocenters. The topological polar surface area (TPSA) is 56.7 Å². The molecule has 5 nitrogen and oxygen atoms in total. The highest BCUT2D eigenvalue weighted by molar-refractivity contribution is 5.81. The van der Waals surface area contributed by atoms with Crippen LogP contribution in [0, 0.1) is 11.7 Å². The van der Waals surface area contributed by atoms with E-state index in [2.05, 4.69) is 29.5 Å². The Morgan fingerprint density at radius 3 is 2.54 bits per heavy atom. The van der Waals surface area contributed by atoms with E-state index in [0.29, 0.717) is 12.5 Å². The van der Waals surface area contributed by atoms with Crippen molar-refractivity contribution in [2.24, 2.45) is 10.9 Å². The minimum absolute atomic E-state index is 0.161. The van der Waals surface area contributed by atoms with E-state index in [-0.39, 0.29) is 23.2 Å². The average molecular weight is 389 g/mol. The summed E-state index contributed by atoms with van der Waals surface area (Å²) >= 11 is 0. The van der Waals surface area contributed by atoms with Crippen LogP contribution in [0.2, 0.25) is 0 Å². The van der Waals surface area contributed by atoms with Crippen molar-refractivity contribution in [3.05, 3.63) is 35.6 Å². The maximum atomic E-state index is 13.2. The van der Waals surface area contributed by atoms with Gasteiger partial charge in [0.2, 0.25) is 5.91 Å². The van der Waals surface area contributed by atoms with Crippen molar-refractivity contribution in [2.45, 2.75) is 57.4 Å². The van der Waals surface area contributed by atoms with E-state index in [4.69, 9.17) is 0 Å². The zero-order valence-corrected chi connectivity index (χ0v) is 17.3. The van der Waals surface area contributed by atoms with Crippen molar-refractivity contribution in [3.63, 3.8) is 0 Å². The van der Waals surface area contributed by atoms with E-state index < -0.39 is 0 Å². The molecule has 1 aromatic carbocycles. The Balaban J connectivity index is 1.49. The van der Waals surface area contributed by atoms with Gasteiger partial charge in [-0.15, -0.1) is 0 Å². The molecule has 2 aliphatic rings. The molecule has 2 N–H and O–H groups in total. The monoisotopic (exact) mass is 388 g/mol. The minimum Gasteiger partial charge on any atom is -0.356 e. The van der Waals surface area contributed by atoms with Crippen LogP contribution in [0.1, 0.15) is 51.5 Å². The van der Waals surface area contributed by atoms with Crippen LogP contribution in [0.3, 0.4) is 0 Å². The van der Waals surface area contributed by atoms with Crippen LogP contribution in [0.4, 0.5) is 4.39 Å². The molecule has 1 aromatic rings. The molecule has 0 aromatic heterocycles. The molecule has 1 aliphatic heterocycles. The van der Waals surface area contributed by atoms with Crippen molar-refractivity contribution >= 4 is 11.9 Å². The summed E-state index contributed by atoms with van der Waals surface area (Å²) in [6, 6.07) is 6.88. The average Bonchev–Trinajstić information content (AvgIpc) is 3.37. The Hall–Kier alpha value is -2.11. The fraction of sp³-hybridized carbons (Fsp3) is 0.636. The zero-order chi connectivity index (χ0) is 20.1. The molecule has 0 radical (unpaired) electrons. The highest BCUT2D eigenvalue weighted by atomic mass is 19.1. The van der Waals surface area contributed by atoms with E-state index in [1.807, 2.05) is 17.0 Å². The molecule has 1 saturated heterocycles. The Morgan fingerprint density at radius 2 is 1.89 bits per heavy atom. The number of hydrogen-bond acceptors (Lipinski definition) is 2. The van der Waals surface area contributed by atoms with Gasteiger partial charge in [-0.2, -0.15) is 0 Å². The number of hydrogen-bond donors (Lipinski definition) is 2. The van der Waals surface area contributed by atoms with E-state index in [1.165, 1.54) is 25.0 Å². The first kappa shape index (κ1) is 20.6. The van der Waals surface area contributed by atoms with Gasteiger partial charge in [0.05, 0.1) is 0 Å². The number of carbonyl (C=O) groups excluding carboxylic acids is 1. The fourth-order valence-corrected chi connectivity index (χ4v) is 4.21. The highest BCUT2D eigenvalue weighted by Gasteiger charge is 2.32. The third-order valence-electron chi connectivity index (χ3n) is 6.09. The van der Waals surface area contributed by atoms with Crippen LogP contribution in [0.25, 0.3) is 0 Å². The maximum absolute atomic E-state index is 13.2. The van der Waals surface area contributed by atoms with Gasteiger partial charge in [0.15, 0.2) is 5.96 Å². The quantitative estimate of drug-likeness (QED) is 0.602. The summed E-state index contributed by atoms with van der Waals surface area (Å²) in [6.07, 6.45) is 5.42. The van der Waals surface area contributed by atoms with Crippen molar-refractivity contribution in [2.75, 3.05) is 26.7 Å². The number of benzene rings is 1. The van der Waals surface area contributed by atoms with Crippen LogP contribution >= 0.6 is 0 Å². The lowest BCUT2D eigenvalue weighted by Crippen LogP contribution is -2.48. The van der Waals surface area contributed by atoms with Gasteiger partial charge in [-0.05, 0) is 37.0 Å². The van der Waals surface area contributed by atoms with Gasteiger partial charge in [0.25, 0.3) is 0 Å². The Morgan fingerprint density at radius 1 is 1.21 bits per heavy atom. The molecule has 2 fully saturated rings. The molecule has 1 atom stereocenters. The number of aliphatic imine (C=N–C) groups is 1. The van der Waals surface area contributed by atoms with Crippen molar-refractivity contribution in [3.8, 4) is 0 Å². The normalized spacial score (nSPS) is 21.2. The summed E-state index contributed by atoms with van der Waals surface area (Å²) < 4.78 is 13.2. The number of guanidine groups is 1. The smallest absolute Gasteiger partial charge is 0.225 e. The second-order valence-electron chi connectivity index (χ2n) is 8.71. The Kier molecular flexibility index (Phi) is 6.57. The third-order valence-corrected chi connectivity index (χ3v) is 6.09. The molecule has 1 heterocycles. The van der Waals surface area contributed by atoms with Crippen LogP contribution < -0.4 is 10.6 Å². The summed E-state index contributed by atoms with van der Waals surface area (Å²) in [7, 11) is 1.76. The van der Waals surface area contributed by atoms with Gasteiger partial charge in [-0.25, -0.2) is 4.39 Å². The summed E-state index contributed by atoms with van der Waals surface area (Å²) in [5.74, 6) is 1.10. The van der Waals surface area contributed by atoms with Crippen LogP contribution in [0.15, 0.2) is 29.3 Å². The summed E-state index contributed by atoms with van der Waals surface area (Å²) in [5.41, 5.74) is 0.914. The number of amides is 1. The van der Waals surface area contributed by atoms with Crippen molar-refractivity contribution in [1.29, 1.82) is 0 Å². The van der Waals surface area contributed by atoms with E-state index in [9.17, 15) is 9.18 Å². The fourth-order valence-electron chi connectivity index (χ4n) is 4.21. The molecule has 154 valence electrons. The van der Waals surface area contributed by atoms with Crippen LogP contribution in [-0.2, 0) is 10.2 Å². The minimum atomic E-state index is -0.220. The third kappa shape index (κ3) is 5.03. The molecule has 1 aliphatic carbocycles. The molecule has 28 heavy (non-hydrogen) atoms. The molecule has 3 rings (SSSR count). The standard InChI is InChI=1S/C22H33FN4O/c1-22(2,17-8-10-18(23)11-9-17)15-25-21(24-3)26-19-12-13-27(14-19)20(28)16-6-4-5-7-16/h8-11,16,19H,4-7,12-15H2,1-3H3,(H2,24,25,26). The van der Waals surface area contributed by atoms with Gasteiger partial charge < -0.3 is 15.5 Å². The van der Waals surface area contributed by atoms with E-state index >= 15 is 0 Å². The van der Waals surface area contributed by atoms with Gasteiger partial charge in [0, 0.05) is 44.1 Å². The first-order chi connectivity index (χ1) is 13.4. The lowest BCUT2D eigenvalue weighted by atomic mass is 9.84. The van der Waals surface area contributed by atoms with Gasteiger partial charge in [0.1, 0.15) is 5.82 Å². The SMILES string of the molecule is CN=C(NCC(C)(C)c1ccc(F)cc1)NC1CCN(C(=O)C2CCCC2)C1. The first-order valence-corrected chi connectivity index (χ1v) is 10.4. The number of halogens is 1. The Labute approximate surface area is 167 Å². The number of nitrogens with zero attached hydrogens (tertiary/aromatic N) is 2. The molecule has 0 spiro atoms. The van der Waals surface area contributed by atoms with Crippen molar-refractivity contribution < 1.29 is 9.18 Å². The molecule has 1 amide bonds. The first-order valence-electron chi connectivity index (χ1n) is 10.4. The summed E-state index contributed by atoms with van der Waals surface area (Å²) in [4.78, 5) is 19.0. The predicted molar refractivity (Wildman–Crippen MR) is 111 cm³/mol. The zero-order valence-electron chi connectivity index (χ0n) is 17.3. The molecular formula is C22H33FN4O. The predicted octanol–water partition coefficient (Wildman–Crippen LogP) is 3.06. The van der Waals surface area contributed by atoms with Crippen LogP contribution in [0.5, 0.6) is 0 Å². The number of carbonyl (C=O) groups is 1.